The minimum atomic E-state index is -3.91. The van der Waals surface area contributed by atoms with Gasteiger partial charge in [0.05, 0.1) is 23.5 Å². The van der Waals surface area contributed by atoms with Crippen molar-refractivity contribution in [2.75, 3.05) is 26.7 Å². The van der Waals surface area contributed by atoms with Gasteiger partial charge in [-0.25, -0.2) is 13.2 Å². The van der Waals surface area contributed by atoms with E-state index in [-0.39, 0.29) is 42.4 Å². The van der Waals surface area contributed by atoms with Gasteiger partial charge in [-0.1, -0.05) is 56.3 Å². The maximum absolute atomic E-state index is 13.9. The van der Waals surface area contributed by atoms with Crippen molar-refractivity contribution in [2.45, 2.75) is 69.3 Å². The predicted molar refractivity (Wildman–Crippen MR) is 158 cm³/mol. The molecule has 4 atom stereocenters. The first-order valence-electron chi connectivity index (χ1n) is 14.4. The van der Waals surface area contributed by atoms with Gasteiger partial charge < -0.3 is 25.6 Å². The number of amides is 3. The average molecular weight is 600 g/mol. The lowest BCUT2D eigenvalue weighted by Crippen LogP contribution is -2.63. The van der Waals surface area contributed by atoms with Crippen molar-refractivity contribution in [1.29, 1.82) is 0 Å². The van der Waals surface area contributed by atoms with Crippen molar-refractivity contribution in [3.63, 3.8) is 0 Å². The van der Waals surface area contributed by atoms with Crippen molar-refractivity contribution >= 4 is 27.9 Å². The Bertz CT molecular complexity index is 1370. The fraction of sp³-hybridized carbons (Fsp3) is 0.500. The third kappa shape index (κ3) is 7.11. The molecular weight excluding hydrogens is 558 g/mol. The van der Waals surface area contributed by atoms with Crippen LogP contribution in [0.25, 0.3) is 0 Å². The molecule has 4 unspecified atom stereocenters. The standard InChI is InChI=1S/C30H41N5O6S/c1-20(2)27(33-28(36)21(3)31-4)29(37)35-18-17-34(42(39,40)23-13-6-5-7-14-23)19-26(35)41-30(38)32-25-16-10-12-22-11-8-9-15-24(22)25/h5-9,11,13-15,20-21,25-27,31H,10,12,16-19H2,1-4H3,(H,32,38)(H,33,36). The van der Waals surface area contributed by atoms with Crippen LogP contribution in [0.5, 0.6) is 0 Å². The second-order valence-electron chi connectivity index (χ2n) is 11.1. The van der Waals surface area contributed by atoms with E-state index in [2.05, 4.69) is 16.0 Å². The van der Waals surface area contributed by atoms with E-state index in [1.54, 1.807) is 32.2 Å². The first-order chi connectivity index (χ1) is 20.0. The third-order valence-corrected chi connectivity index (χ3v) is 9.80. The topological polar surface area (TPSA) is 137 Å². The van der Waals surface area contributed by atoms with Gasteiger partial charge in [0.2, 0.25) is 21.8 Å². The molecule has 42 heavy (non-hydrogen) atoms. The van der Waals surface area contributed by atoms with E-state index < -0.39 is 40.3 Å². The summed E-state index contributed by atoms with van der Waals surface area (Å²) in [4.78, 5) is 41.3. The second kappa shape index (κ2) is 13.7. The zero-order chi connectivity index (χ0) is 30.4. The Kier molecular flexibility index (Phi) is 10.2. The van der Waals surface area contributed by atoms with Gasteiger partial charge in [-0.05, 0) is 62.4 Å². The molecule has 0 radical (unpaired) electrons. The number of carbonyl (C=O) groups is 3. The Hall–Kier alpha value is -3.48. The molecule has 0 spiro atoms. The lowest BCUT2D eigenvalue weighted by molar-refractivity contribution is -0.150. The summed E-state index contributed by atoms with van der Waals surface area (Å²) in [5.74, 6) is -1.06. The summed E-state index contributed by atoms with van der Waals surface area (Å²) >= 11 is 0. The molecule has 2 aromatic carbocycles. The van der Waals surface area contributed by atoms with Crippen molar-refractivity contribution in [3.8, 4) is 0 Å². The van der Waals surface area contributed by atoms with Crippen LogP contribution in [-0.4, -0.2) is 80.5 Å². The molecule has 4 rings (SSSR count). The predicted octanol–water partition coefficient (Wildman–Crippen LogP) is 2.40. The lowest BCUT2D eigenvalue weighted by atomic mass is 9.88. The SMILES string of the molecule is CNC(C)C(=O)NC(C(=O)N1CCN(S(=O)(=O)c2ccccc2)CC1OC(=O)NC1CCCc2ccccc21)C(C)C. The van der Waals surface area contributed by atoms with Crippen molar-refractivity contribution in [1.82, 2.24) is 25.2 Å². The fourth-order valence-corrected chi connectivity index (χ4v) is 6.79. The van der Waals surface area contributed by atoms with Gasteiger partial charge in [-0.3, -0.25) is 9.59 Å². The van der Waals surface area contributed by atoms with E-state index in [1.165, 1.54) is 21.3 Å². The molecule has 3 amide bonds. The van der Waals surface area contributed by atoms with E-state index in [0.29, 0.717) is 0 Å². The molecule has 1 saturated heterocycles. The quantitative estimate of drug-likeness (QED) is 0.403. The number of hydrogen-bond donors (Lipinski definition) is 3. The number of nitrogens with one attached hydrogen (secondary N) is 3. The van der Waals surface area contributed by atoms with Gasteiger partial charge in [0.25, 0.3) is 0 Å². The first kappa shape index (κ1) is 31.5. The number of piperazine rings is 1. The Labute approximate surface area is 248 Å². The molecule has 3 N–H and O–H groups in total. The van der Waals surface area contributed by atoms with Crippen LogP contribution >= 0.6 is 0 Å². The molecule has 2 aromatic rings. The van der Waals surface area contributed by atoms with Crippen LogP contribution in [-0.2, 0) is 30.8 Å². The first-order valence-corrected chi connectivity index (χ1v) is 15.8. The van der Waals surface area contributed by atoms with Gasteiger partial charge in [0, 0.05) is 13.1 Å². The van der Waals surface area contributed by atoms with Crippen molar-refractivity contribution < 1.29 is 27.5 Å². The molecule has 11 nitrogen and oxygen atoms in total. The van der Waals surface area contributed by atoms with Crippen molar-refractivity contribution in [2.24, 2.45) is 5.92 Å². The molecule has 0 aromatic heterocycles. The van der Waals surface area contributed by atoms with Crippen LogP contribution in [0.4, 0.5) is 4.79 Å². The highest BCUT2D eigenvalue weighted by molar-refractivity contribution is 7.89. The van der Waals surface area contributed by atoms with Gasteiger partial charge in [0.1, 0.15) is 6.04 Å². The summed E-state index contributed by atoms with van der Waals surface area (Å²) in [7, 11) is -2.26. The highest BCUT2D eigenvalue weighted by Crippen LogP contribution is 2.30. The minimum absolute atomic E-state index is 0.00608. The van der Waals surface area contributed by atoms with Crippen LogP contribution in [0.3, 0.4) is 0 Å². The van der Waals surface area contributed by atoms with E-state index >= 15 is 0 Å². The number of nitrogens with zero attached hydrogens (tertiary/aromatic N) is 2. The third-order valence-electron chi connectivity index (χ3n) is 7.92. The number of likely N-dealkylation sites (N-methyl/N-ethyl adjacent to an activating group) is 1. The minimum Gasteiger partial charge on any atom is -0.424 e. The molecule has 12 heteroatoms. The van der Waals surface area contributed by atoms with Crippen LogP contribution < -0.4 is 16.0 Å². The molecular formula is C30H41N5O6S. The Morgan fingerprint density at radius 3 is 2.36 bits per heavy atom. The molecule has 1 fully saturated rings. The Morgan fingerprint density at radius 1 is 0.976 bits per heavy atom. The van der Waals surface area contributed by atoms with Gasteiger partial charge >= 0.3 is 6.09 Å². The van der Waals surface area contributed by atoms with Crippen LogP contribution in [0.1, 0.15) is 50.8 Å². The van der Waals surface area contributed by atoms with Gasteiger partial charge in [-0.15, -0.1) is 0 Å². The number of carbonyl (C=O) groups excluding carboxylic acids is 3. The number of ether oxygens (including phenoxy) is 1. The molecule has 1 heterocycles. The van der Waals surface area contributed by atoms with Crippen LogP contribution in [0.2, 0.25) is 0 Å². The summed E-state index contributed by atoms with van der Waals surface area (Å²) in [5, 5.41) is 8.59. The van der Waals surface area contributed by atoms with Gasteiger partial charge in [-0.2, -0.15) is 4.31 Å². The zero-order valence-corrected chi connectivity index (χ0v) is 25.4. The number of benzene rings is 2. The Morgan fingerprint density at radius 2 is 1.67 bits per heavy atom. The molecule has 2 aliphatic rings. The molecule has 228 valence electrons. The number of rotatable bonds is 9. The maximum atomic E-state index is 13.9. The fourth-order valence-electron chi connectivity index (χ4n) is 5.35. The number of alkyl carbamates (subject to hydrolysis) is 1. The van der Waals surface area contributed by atoms with E-state index in [9.17, 15) is 22.8 Å². The highest BCUT2D eigenvalue weighted by atomic mass is 32.2. The average Bonchev–Trinajstić information content (AvgIpc) is 2.99. The largest absolute Gasteiger partial charge is 0.424 e. The highest BCUT2D eigenvalue weighted by Gasteiger charge is 2.41. The maximum Gasteiger partial charge on any atom is 0.409 e. The monoisotopic (exact) mass is 599 g/mol. The van der Waals surface area contributed by atoms with E-state index in [0.717, 1.165) is 30.4 Å². The Balaban J connectivity index is 1.57. The van der Waals surface area contributed by atoms with E-state index in [1.807, 2.05) is 38.1 Å². The molecule has 0 bridgehead atoms. The summed E-state index contributed by atoms with van der Waals surface area (Å²) in [6, 6.07) is 14.2. The second-order valence-corrected chi connectivity index (χ2v) is 13.0. The number of hydrogen-bond acceptors (Lipinski definition) is 7. The summed E-state index contributed by atoms with van der Waals surface area (Å²) < 4.78 is 34.0. The normalized spacial score (nSPS) is 20.7. The molecule has 1 aliphatic heterocycles. The summed E-state index contributed by atoms with van der Waals surface area (Å²) in [6.45, 7) is 5.05. The smallest absolute Gasteiger partial charge is 0.409 e. The van der Waals surface area contributed by atoms with Gasteiger partial charge in [0.15, 0.2) is 6.23 Å². The summed E-state index contributed by atoms with van der Waals surface area (Å²) in [6.07, 6.45) is 0.615. The van der Waals surface area contributed by atoms with Crippen molar-refractivity contribution in [3.05, 3.63) is 65.7 Å². The molecule has 0 saturated carbocycles. The number of fused-ring (bicyclic) bond motifs is 1. The lowest BCUT2D eigenvalue weighted by Gasteiger charge is -2.42. The summed E-state index contributed by atoms with van der Waals surface area (Å²) in [5.41, 5.74) is 2.18. The van der Waals surface area contributed by atoms with E-state index in [4.69, 9.17) is 4.74 Å². The van der Waals surface area contributed by atoms with Crippen LogP contribution in [0.15, 0.2) is 59.5 Å². The van der Waals surface area contributed by atoms with Crippen LogP contribution in [0, 0.1) is 5.92 Å². The molecule has 1 aliphatic carbocycles. The number of aryl methyl sites for hydroxylation is 1. The number of sulfonamides is 1. The zero-order valence-electron chi connectivity index (χ0n) is 24.6.